The van der Waals surface area contributed by atoms with E-state index < -0.39 is 15.9 Å². The molecule has 0 fully saturated rings. The van der Waals surface area contributed by atoms with Gasteiger partial charge < -0.3 is 14.8 Å². The molecular formula is C24H21ClN2O5S. The third-order valence-electron chi connectivity index (χ3n) is 5.72. The van der Waals surface area contributed by atoms with Crippen LogP contribution in [-0.4, -0.2) is 38.4 Å². The Labute approximate surface area is 196 Å². The van der Waals surface area contributed by atoms with Gasteiger partial charge in [0.15, 0.2) is 11.5 Å². The van der Waals surface area contributed by atoms with Gasteiger partial charge in [-0.15, -0.1) is 0 Å². The highest BCUT2D eigenvalue weighted by Crippen LogP contribution is 2.33. The summed E-state index contributed by atoms with van der Waals surface area (Å²) in [6.45, 7) is 1.57. The minimum absolute atomic E-state index is 0.0265. The zero-order valence-electron chi connectivity index (χ0n) is 17.6. The number of sulfonamides is 1. The summed E-state index contributed by atoms with van der Waals surface area (Å²) < 4.78 is 39.1. The van der Waals surface area contributed by atoms with Crippen molar-refractivity contribution in [3.8, 4) is 11.5 Å². The summed E-state index contributed by atoms with van der Waals surface area (Å²) >= 11 is 6.26. The number of anilines is 1. The lowest BCUT2D eigenvalue weighted by molar-refractivity contribution is 0.102. The maximum absolute atomic E-state index is 13.3. The van der Waals surface area contributed by atoms with Gasteiger partial charge in [0.1, 0.15) is 13.2 Å². The molecule has 1 amide bonds. The molecule has 0 atom stereocenters. The molecule has 0 aromatic heterocycles. The highest BCUT2D eigenvalue weighted by Gasteiger charge is 2.29. The van der Waals surface area contributed by atoms with Gasteiger partial charge in [0.25, 0.3) is 5.91 Å². The summed E-state index contributed by atoms with van der Waals surface area (Å²) in [5.74, 6) is 0.623. The maximum Gasteiger partial charge on any atom is 0.257 e. The molecule has 0 spiro atoms. The Balaban J connectivity index is 1.39. The van der Waals surface area contributed by atoms with Crippen LogP contribution in [0.3, 0.4) is 0 Å². The zero-order valence-corrected chi connectivity index (χ0v) is 19.2. The van der Waals surface area contributed by atoms with Crippen LogP contribution in [0.2, 0.25) is 5.02 Å². The molecule has 0 saturated carbocycles. The van der Waals surface area contributed by atoms with E-state index in [-0.39, 0.29) is 15.5 Å². The Kier molecular flexibility index (Phi) is 5.74. The van der Waals surface area contributed by atoms with Crippen LogP contribution in [0.4, 0.5) is 5.69 Å². The van der Waals surface area contributed by atoms with Gasteiger partial charge in [0.2, 0.25) is 10.0 Å². The lowest BCUT2D eigenvalue weighted by Gasteiger charge is -2.28. The normalized spacial score (nSPS) is 15.5. The Morgan fingerprint density at radius 2 is 1.70 bits per heavy atom. The van der Waals surface area contributed by atoms with Crippen molar-refractivity contribution in [2.24, 2.45) is 0 Å². The standard InChI is InChI=1S/C24H21ClN2O5S/c25-21-7-6-19(33(29,30)27-10-9-16-3-1-2-4-17(16)15-27)14-20(21)24(28)26-18-5-8-22-23(13-18)32-12-11-31-22/h1-8,13-14H,9-12,15H2,(H,26,28). The van der Waals surface area contributed by atoms with E-state index in [1.54, 1.807) is 18.2 Å². The van der Waals surface area contributed by atoms with E-state index in [1.165, 1.54) is 22.5 Å². The average molecular weight is 485 g/mol. The number of benzene rings is 3. The fourth-order valence-corrected chi connectivity index (χ4v) is 5.63. The molecule has 0 aliphatic carbocycles. The fourth-order valence-electron chi connectivity index (χ4n) is 3.98. The molecular weight excluding hydrogens is 464 g/mol. The molecule has 5 rings (SSSR count). The highest BCUT2D eigenvalue weighted by atomic mass is 35.5. The number of ether oxygens (including phenoxy) is 2. The van der Waals surface area contributed by atoms with Crippen LogP contribution in [0, 0.1) is 0 Å². The molecule has 33 heavy (non-hydrogen) atoms. The van der Waals surface area contributed by atoms with Crippen molar-refractivity contribution in [3.63, 3.8) is 0 Å². The number of nitrogens with one attached hydrogen (secondary N) is 1. The Hall–Kier alpha value is -3.07. The number of hydrogen-bond acceptors (Lipinski definition) is 5. The summed E-state index contributed by atoms with van der Waals surface area (Å²) in [6, 6.07) is 17.0. The van der Waals surface area contributed by atoms with Gasteiger partial charge in [-0.2, -0.15) is 4.31 Å². The van der Waals surface area contributed by atoms with Gasteiger partial charge in [0.05, 0.1) is 15.5 Å². The molecule has 1 N–H and O–H groups in total. The number of carbonyl (C=O) groups is 1. The molecule has 0 radical (unpaired) electrons. The molecule has 9 heteroatoms. The SMILES string of the molecule is O=C(Nc1ccc2c(c1)OCCO2)c1cc(S(=O)(=O)N2CCc3ccccc3C2)ccc1Cl. The average Bonchev–Trinajstić information content (AvgIpc) is 2.83. The minimum atomic E-state index is -3.80. The summed E-state index contributed by atoms with van der Waals surface area (Å²) in [7, 11) is -3.80. The van der Waals surface area contributed by atoms with Crippen LogP contribution in [0.25, 0.3) is 0 Å². The van der Waals surface area contributed by atoms with Crippen molar-refractivity contribution in [1.29, 1.82) is 0 Å². The quantitative estimate of drug-likeness (QED) is 0.602. The number of nitrogens with zero attached hydrogens (tertiary/aromatic N) is 1. The second-order valence-electron chi connectivity index (χ2n) is 7.81. The minimum Gasteiger partial charge on any atom is -0.486 e. The number of hydrogen-bond donors (Lipinski definition) is 1. The Bertz CT molecular complexity index is 1340. The van der Waals surface area contributed by atoms with Gasteiger partial charge in [0, 0.05) is 24.8 Å². The van der Waals surface area contributed by atoms with Gasteiger partial charge >= 0.3 is 0 Å². The molecule has 0 unspecified atom stereocenters. The van der Waals surface area contributed by atoms with E-state index >= 15 is 0 Å². The van der Waals surface area contributed by atoms with Crippen LogP contribution in [0.5, 0.6) is 11.5 Å². The van der Waals surface area contributed by atoms with Crippen molar-refractivity contribution < 1.29 is 22.7 Å². The molecule has 2 heterocycles. The second-order valence-corrected chi connectivity index (χ2v) is 10.2. The molecule has 170 valence electrons. The zero-order chi connectivity index (χ0) is 23.0. The van der Waals surface area contributed by atoms with E-state index in [4.69, 9.17) is 21.1 Å². The first-order valence-electron chi connectivity index (χ1n) is 10.5. The molecule has 0 bridgehead atoms. The highest BCUT2D eigenvalue weighted by molar-refractivity contribution is 7.89. The molecule has 2 aliphatic rings. The third-order valence-corrected chi connectivity index (χ3v) is 7.89. The molecule has 3 aromatic rings. The smallest absolute Gasteiger partial charge is 0.257 e. The Morgan fingerprint density at radius 1 is 0.939 bits per heavy atom. The predicted molar refractivity (Wildman–Crippen MR) is 125 cm³/mol. The maximum atomic E-state index is 13.3. The number of amides is 1. The second kappa shape index (κ2) is 8.70. The Morgan fingerprint density at radius 3 is 2.52 bits per heavy atom. The first kappa shape index (κ1) is 21.8. The van der Waals surface area contributed by atoms with E-state index in [0.717, 1.165) is 11.1 Å². The van der Waals surface area contributed by atoms with Crippen LogP contribution in [0.1, 0.15) is 21.5 Å². The number of carbonyl (C=O) groups excluding carboxylic acids is 1. The van der Waals surface area contributed by atoms with Crippen molar-refractivity contribution in [3.05, 3.63) is 82.4 Å². The largest absolute Gasteiger partial charge is 0.486 e. The van der Waals surface area contributed by atoms with Crippen molar-refractivity contribution in [2.75, 3.05) is 25.1 Å². The molecule has 2 aliphatic heterocycles. The first-order valence-corrected chi connectivity index (χ1v) is 12.3. The van der Waals surface area contributed by atoms with Gasteiger partial charge in [-0.25, -0.2) is 8.42 Å². The lowest BCUT2D eigenvalue weighted by atomic mass is 10.0. The van der Waals surface area contributed by atoms with Crippen LogP contribution in [0.15, 0.2) is 65.6 Å². The van der Waals surface area contributed by atoms with Gasteiger partial charge in [-0.3, -0.25) is 4.79 Å². The van der Waals surface area contributed by atoms with Crippen molar-refractivity contribution in [1.82, 2.24) is 4.31 Å². The summed E-state index contributed by atoms with van der Waals surface area (Å²) in [6.07, 6.45) is 0.639. The van der Waals surface area contributed by atoms with E-state index in [0.29, 0.717) is 49.9 Å². The van der Waals surface area contributed by atoms with E-state index in [1.807, 2.05) is 24.3 Å². The lowest BCUT2D eigenvalue weighted by Crippen LogP contribution is -2.36. The van der Waals surface area contributed by atoms with E-state index in [2.05, 4.69) is 5.32 Å². The predicted octanol–water partition coefficient (Wildman–Crippen LogP) is 4.11. The van der Waals surface area contributed by atoms with Gasteiger partial charge in [-0.1, -0.05) is 35.9 Å². The topological polar surface area (TPSA) is 84.9 Å². The van der Waals surface area contributed by atoms with Crippen molar-refractivity contribution >= 4 is 33.2 Å². The fraction of sp³-hybridized carbons (Fsp3) is 0.208. The third kappa shape index (κ3) is 4.29. The summed E-state index contributed by atoms with van der Waals surface area (Å²) in [4.78, 5) is 13.0. The van der Waals surface area contributed by atoms with Crippen LogP contribution in [-0.2, 0) is 23.0 Å². The van der Waals surface area contributed by atoms with Crippen LogP contribution >= 0.6 is 11.6 Å². The molecule has 7 nitrogen and oxygen atoms in total. The van der Waals surface area contributed by atoms with Crippen molar-refractivity contribution in [2.45, 2.75) is 17.9 Å². The number of rotatable bonds is 4. The van der Waals surface area contributed by atoms with Gasteiger partial charge in [-0.05, 0) is 47.9 Å². The van der Waals surface area contributed by atoms with E-state index in [9.17, 15) is 13.2 Å². The molecule has 0 saturated heterocycles. The monoisotopic (exact) mass is 484 g/mol. The number of fused-ring (bicyclic) bond motifs is 2. The summed E-state index contributed by atoms with van der Waals surface area (Å²) in [5, 5.41) is 2.91. The molecule has 3 aromatic carbocycles. The first-order chi connectivity index (χ1) is 15.9. The summed E-state index contributed by atoms with van der Waals surface area (Å²) in [5.41, 5.74) is 2.70. The number of halogens is 1. The van der Waals surface area contributed by atoms with Crippen LogP contribution < -0.4 is 14.8 Å².